The van der Waals surface area contributed by atoms with E-state index in [0.29, 0.717) is 6.54 Å². The highest BCUT2D eigenvalue weighted by Gasteiger charge is 2.04. The fourth-order valence-electron chi connectivity index (χ4n) is 1.21. The van der Waals surface area contributed by atoms with Gasteiger partial charge in [0.05, 0.1) is 7.11 Å². The van der Waals surface area contributed by atoms with Crippen LogP contribution in [0.2, 0.25) is 0 Å². The molecule has 82 valence electrons. The van der Waals surface area contributed by atoms with Crippen LogP contribution in [-0.2, 0) is 6.42 Å². The van der Waals surface area contributed by atoms with Crippen molar-refractivity contribution in [3.63, 3.8) is 0 Å². The van der Waals surface area contributed by atoms with E-state index in [1.807, 2.05) is 24.3 Å². The Morgan fingerprint density at radius 1 is 1.53 bits per heavy atom. The molecule has 0 aromatic heterocycles. The number of carbonyl (C=O) groups excluding carboxylic acids is 1. The van der Waals surface area contributed by atoms with Crippen molar-refractivity contribution in [2.45, 2.75) is 6.42 Å². The Balaban J connectivity index is 2.53. The van der Waals surface area contributed by atoms with Crippen LogP contribution in [0.25, 0.3) is 0 Å². The summed E-state index contributed by atoms with van der Waals surface area (Å²) in [6, 6.07) is 7.76. The van der Waals surface area contributed by atoms with Gasteiger partial charge < -0.3 is 9.64 Å². The fraction of sp³-hybridized carbons (Fsp3) is 0.364. The molecule has 0 aliphatic rings. The number of methoxy groups -OCH3 is 1. The first-order chi connectivity index (χ1) is 7.13. The highest BCUT2D eigenvalue weighted by molar-refractivity contribution is 6.62. The number of likely N-dealkylation sites (N-methyl/N-ethyl adjacent to an activating group) is 1. The molecule has 0 N–H and O–H groups in total. The summed E-state index contributed by atoms with van der Waals surface area (Å²) >= 11 is 5.32. The normalized spacial score (nSPS) is 9.80. The lowest BCUT2D eigenvalue weighted by Crippen LogP contribution is -2.23. The van der Waals surface area contributed by atoms with Gasteiger partial charge in [0, 0.05) is 13.6 Å². The number of carbonyl (C=O) groups is 1. The van der Waals surface area contributed by atoms with Gasteiger partial charge in [0.1, 0.15) is 5.75 Å². The maximum atomic E-state index is 10.8. The van der Waals surface area contributed by atoms with Gasteiger partial charge in [0.15, 0.2) is 0 Å². The van der Waals surface area contributed by atoms with Crippen LogP contribution in [0.4, 0.5) is 4.79 Å². The molecule has 0 saturated heterocycles. The van der Waals surface area contributed by atoms with E-state index in [4.69, 9.17) is 16.3 Å². The molecule has 0 atom stereocenters. The number of rotatable bonds is 4. The summed E-state index contributed by atoms with van der Waals surface area (Å²) in [5.74, 6) is 0.826. The number of amides is 1. The van der Waals surface area contributed by atoms with Gasteiger partial charge in [-0.1, -0.05) is 12.1 Å². The van der Waals surface area contributed by atoms with Crippen molar-refractivity contribution in [1.29, 1.82) is 0 Å². The van der Waals surface area contributed by atoms with E-state index in [9.17, 15) is 4.79 Å². The number of ether oxygens (including phenoxy) is 1. The zero-order valence-corrected chi connectivity index (χ0v) is 9.62. The Kier molecular flexibility index (Phi) is 4.43. The molecule has 0 fully saturated rings. The summed E-state index contributed by atoms with van der Waals surface area (Å²) in [7, 11) is 3.31. The van der Waals surface area contributed by atoms with Gasteiger partial charge in [0.2, 0.25) is 0 Å². The van der Waals surface area contributed by atoms with Gasteiger partial charge in [-0.25, -0.2) is 0 Å². The van der Waals surface area contributed by atoms with Gasteiger partial charge >= 0.3 is 5.37 Å². The SMILES string of the molecule is COc1cccc(CCN(C)C(=O)Cl)c1. The summed E-state index contributed by atoms with van der Waals surface area (Å²) in [4.78, 5) is 12.2. The van der Waals surface area contributed by atoms with E-state index in [0.717, 1.165) is 17.7 Å². The Labute approximate surface area is 94.6 Å². The van der Waals surface area contributed by atoms with Crippen LogP contribution in [0, 0.1) is 0 Å². The molecule has 0 heterocycles. The summed E-state index contributed by atoms with van der Waals surface area (Å²) in [6.07, 6.45) is 0.770. The third-order valence-corrected chi connectivity index (χ3v) is 2.46. The van der Waals surface area contributed by atoms with E-state index in [-0.39, 0.29) is 0 Å². The predicted molar refractivity (Wildman–Crippen MR) is 60.6 cm³/mol. The maximum Gasteiger partial charge on any atom is 0.316 e. The Hall–Kier alpha value is -1.22. The maximum absolute atomic E-state index is 10.8. The van der Waals surface area contributed by atoms with Crippen molar-refractivity contribution >= 4 is 17.0 Å². The fourth-order valence-corrected chi connectivity index (χ4v) is 1.30. The van der Waals surface area contributed by atoms with E-state index in [1.165, 1.54) is 4.90 Å². The van der Waals surface area contributed by atoms with Crippen molar-refractivity contribution in [3.05, 3.63) is 29.8 Å². The Morgan fingerprint density at radius 2 is 2.27 bits per heavy atom. The minimum atomic E-state index is -0.433. The number of halogens is 1. The number of hydrogen-bond donors (Lipinski definition) is 0. The number of hydrogen-bond acceptors (Lipinski definition) is 2. The third-order valence-electron chi connectivity index (χ3n) is 2.17. The van der Waals surface area contributed by atoms with E-state index in [1.54, 1.807) is 14.2 Å². The first kappa shape index (κ1) is 11.9. The smallest absolute Gasteiger partial charge is 0.316 e. The minimum absolute atomic E-state index is 0.433. The zero-order valence-electron chi connectivity index (χ0n) is 8.87. The molecule has 1 amide bonds. The Morgan fingerprint density at radius 3 is 2.87 bits per heavy atom. The van der Waals surface area contributed by atoms with Crippen molar-refractivity contribution < 1.29 is 9.53 Å². The second-order valence-electron chi connectivity index (χ2n) is 3.28. The van der Waals surface area contributed by atoms with E-state index in [2.05, 4.69) is 0 Å². The topological polar surface area (TPSA) is 29.5 Å². The molecule has 0 saturated carbocycles. The van der Waals surface area contributed by atoms with Crippen molar-refractivity contribution in [2.75, 3.05) is 20.7 Å². The van der Waals surface area contributed by atoms with Crippen LogP contribution >= 0.6 is 11.6 Å². The number of nitrogens with zero attached hydrogens (tertiary/aromatic N) is 1. The molecule has 0 spiro atoms. The standard InChI is InChI=1S/C11H14ClNO2/c1-13(11(12)14)7-6-9-4-3-5-10(8-9)15-2/h3-5,8H,6-7H2,1-2H3. The van der Waals surface area contributed by atoms with Crippen LogP contribution in [0.15, 0.2) is 24.3 Å². The molecule has 0 aliphatic heterocycles. The monoisotopic (exact) mass is 227 g/mol. The lowest BCUT2D eigenvalue weighted by atomic mass is 10.1. The van der Waals surface area contributed by atoms with Crippen LogP contribution < -0.4 is 4.74 Å². The Bertz CT molecular complexity index is 341. The van der Waals surface area contributed by atoms with Crippen LogP contribution in [0.5, 0.6) is 5.75 Å². The minimum Gasteiger partial charge on any atom is -0.497 e. The average Bonchev–Trinajstić information content (AvgIpc) is 2.26. The van der Waals surface area contributed by atoms with E-state index < -0.39 is 5.37 Å². The van der Waals surface area contributed by atoms with Crippen molar-refractivity contribution in [3.8, 4) is 5.75 Å². The lowest BCUT2D eigenvalue weighted by molar-refractivity contribution is 0.232. The lowest BCUT2D eigenvalue weighted by Gasteiger charge is -2.13. The van der Waals surface area contributed by atoms with E-state index >= 15 is 0 Å². The molecule has 0 unspecified atom stereocenters. The van der Waals surface area contributed by atoms with Gasteiger partial charge in [-0.2, -0.15) is 0 Å². The van der Waals surface area contributed by atoms with Gasteiger partial charge in [-0.3, -0.25) is 4.79 Å². The van der Waals surface area contributed by atoms with Crippen LogP contribution in [0.3, 0.4) is 0 Å². The van der Waals surface area contributed by atoms with Crippen molar-refractivity contribution in [2.24, 2.45) is 0 Å². The highest BCUT2D eigenvalue weighted by atomic mass is 35.5. The van der Waals surface area contributed by atoms with Gasteiger partial charge in [-0.05, 0) is 35.7 Å². The molecule has 15 heavy (non-hydrogen) atoms. The molecule has 0 aliphatic carbocycles. The molecule has 4 heteroatoms. The summed E-state index contributed by atoms with van der Waals surface area (Å²) < 4.78 is 5.10. The van der Waals surface area contributed by atoms with Gasteiger partial charge in [-0.15, -0.1) is 0 Å². The molecule has 0 bridgehead atoms. The average molecular weight is 228 g/mol. The summed E-state index contributed by atoms with van der Waals surface area (Å²) in [5.41, 5.74) is 1.12. The summed E-state index contributed by atoms with van der Waals surface area (Å²) in [6.45, 7) is 0.607. The molecule has 1 aromatic carbocycles. The second-order valence-corrected chi connectivity index (χ2v) is 3.60. The van der Waals surface area contributed by atoms with Crippen LogP contribution in [0.1, 0.15) is 5.56 Å². The number of benzene rings is 1. The second kappa shape index (κ2) is 5.61. The predicted octanol–water partition coefficient (Wildman–Crippen LogP) is 2.53. The molecular formula is C11H14ClNO2. The first-order valence-electron chi connectivity index (χ1n) is 4.67. The van der Waals surface area contributed by atoms with Gasteiger partial charge in [0.25, 0.3) is 0 Å². The first-order valence-corrected chi connectivity index (χ1v) is 5.05. The third kappa shape index (κ3) is 3.80. The molecule has 1 aromatic rings. The van der Waals surface area contributed by atoms with Crippen molar-refractivity contribution in [1.82, 2.24) is 4.90 Å². The molecular weight excluding hydrogens is 214 g/mol. The largest absolute Gasteiger partial charge is 0.497 e. The quantitative estimate of drug-likeness (QED) is 0.584. The molecule has 1 rings (SSSR count). The summed E-state index contributed by atoms with van der Waals surface area (Å²) in [5, 5.41) is -0.433. The van der Waals surface area contributed by atoms with Crippen LogP contribution in [-0.4, -0.2) is 31.0 Å². The molecule has 0 radical (unpaired) electrons. The highest BCUT2D eigenvalue weighted by Crippen LogP contribution is 2.13. The zero-order chi connectivity index (χ0) is 11.3. The molecule has 3 nitrogen and oxygen atoms in total.